The maximum Gasteiger partial charge on any atom is 0.407 e. The summed E-state index contributed by atoms with van der Waals surface area (Å²) in [5.74, 6) is -1.41. The van der Waals surface area contributed by atoms with Crippen LogP contribution < -0.4 is 10.6 Å². The average Bonchev–Trinajstić information content (AvgIpc) is 3.60. The average molecular weight is 477 g/mol. The molecule has 184 valence electrons. The fourth-order valence-corrected chi connectivity index (χ4v) is 6.14. The first-order valence-electron chi connectivity index (χ1n) is 12.6. The van der Waals surface area contributed by atoms with Crippen LogP contribution in [0.25, 0.3) is 11.1 Å². The summed E-state index contributed by atoms with van der Waals surface area (Å²) in [6.45, 7) is 0.375. The molecule has 0 radical (unpaired) electrons. The van der Waals surface area contributed by atoms with E-state index < -0.39 is 17.5 Å². The quantitative estimate of drug-likeness (QED) is 0.547. The van der Waals surface area contributed by atoms with E-state index in [1.54, 1.807) is 0 Å². The number of ether oxygens (including phenoxy) is 1. The topological polar surface area (TPSA) is 105 Å². The fourth-order valence-electron chi connectivity index (χ4n) is 6.14. The smallest absolute Gasteiger partial charge is 0.407 e. The Morgan fingerprint density at radius 3 is 2.17 bits per heavy atom. The number of carboxylic acid groups (broad SMARTS) is 1. The molecular formula is C28H32N2O5. The lowest BCUT2D eigenvalue weighted by atomic mass is 9.86. The van der Waals surface area contributed by atoms with Gasteiger partial charge in [-0.3, -0.25) is 9.59 Å². The Kier molecular flexibility index (Phi) is 6.50. The van der Waals surface area contributed by atoms with Crippen molar-refractivity contribution in [1.29, 1.82) is 0 Å². The van der Waals surface area contributed by atoms with Crippen LogP contribution >= 0.6 is 0 Å². The van der Waals surface area contributed by atoms with Crippen LogP contribution in [0, 0.1) is 11.3 Å². The van der Waals surface area contributed by atoms with Crippen molar-refractivity contribution in [2.45, 2.75) is 56.9 Å². The standard InChI is InChI=1S/C28H32N2O5/c31-25(29-17-28(26(32)33)14-5-6-15-28)22-12-7-13-24(22)30-27(34)35-16-23-20-10-3-1-8-18(20)19-9-2-4-11-21(19)23/h1-4,8-11,22-24H,5-7,12-17H2,(H,29,31)(H,30,34)(H,32,33)/t22-,24+/m0/s1. The Morgan fingerprint density at radius 1 is 0.914 bits per heavy atom. The summed E-state index contributed by atoms with van der Waals surface area (Å²) >= 11 is 0. The second-order valence-electron chi connectivity index (χ2n) is 10.1. The molecular weight excluding hydrogens is 444 g/mol. The Bertz CT molecular complexity index is 1080. The van der Waals surface area contributed by atoms with Gasteiger partial charge in [-0.25, -0.2) is 4.79 Å². The number of alkyl carbamates (subject to hydrolysis) is 1. The highest BCUT2D eigenvalue weighted by molar-refractivity contribution is 5.82. The van der Waals surface area contributed by atoms with Crippen molar-refractivity contribution in [3.05, 3.63) is 59.7 Å². The van der Waals surface area contributed by atoms with Gasteiger partial charge >= 0.3 is 12.1 Å². The number of carbonyl (C=O) groups is 3. The molecule has 7 nitrogen and oxygen atoms in total. The third kappa shape index (κ3) is 4.51. The molecule has 5 rings (SSSR count). The van der Waals surface area contributed by atoms with Crippen molar-refractivity contribution in [2.24, 2.45) is 11.3 Å². The van der Waals surface area contributed by atoms with Gasteiger partial charge in [-0.1, -0.05) is 67.8 Å². The van der Waals surface area contributed by atoms with Crippen LogP contribution in [0.3, 0.4) is 0 Å². The molecule has 2 aromatic carbocycles. The van der Waals surface area contributed by atoms with E-state index in [0.29, 0.717) is 25.7 Å². The van der Waals surface area contributed by atoms with Crippen LogP contribution in [-0.4, -0.2) is 42.3 Å². The number of carboxylic acids is 1. The van der Waals surface area contributed by atoms with E-state index in [-0.39, 0.29) is 36.9 Å². The summed E-state index contributed by atoms with van der Waals surface area (Å²) in [5, 5.41) is 15.4. The number of amides is 2. The van der Waals surface area contributed by atoms with E-state index >= 15 is 0 Å². The summed E-state index contributed by atoms with van der Waals surface area (Å²) in [6.07, 6.45) is 4.61. The van der Waals surface area contributed by atoms with Crippen molar-refractivity contribution in [2.75, 3.05) is 13.2 Å². The Labute approximate surface area is 205 Å². The molecule has 0 spiro atoms. The van der Waals surface area contributed by atoms with Gasteiger partial charge in [0.15, 0.2) is 0 Å². The first kappa shape index (κ1) is 23.4. The summed E-state index contributed by atoms with van der Waals surface area (Å²) in [6, 6.07) is 16.1. The van der Waals surface area contributed by atoms with E-state index in [1.807, 2.05) is 24.3 Å². The number of rotatable bonds is 7. The molecule has 2 saturated carbocycles. The maximum atomic E-state index is 12.9. The number of benzene rings is 2. The molecule has 0 bridgehead atoms. The van der Waals surface area contributed by atoms with E-state index in [2.05, 4.69) is 34.9 Å². The fraction of sp³-hybridized carbons (Fsp3) is 0.464. The number of fused-ring (bicyclic) bond motifs is 3. The van der Waals surface area contributed by atoms with Crippen LogP contribution in [0.1, 0.15) is 62.0 Å². The Hall–Kier alpha value is -3.35. The lowest BCUT2D eigenvalue weighted by Gasteiger charge is -2.26. The van der Waals surface area contributed by atoms with E-state index in [4.69, 9.17) is 4.74 Å². The highest BCUT2D eigenvalue weighted by Crippen LogP contribution is 2.44. The molecule has 35 heavy (non-hydrogen) atoms. The zero-order valence-corrected chi connectivity index (χ0v) is 19.8. The molecule has 2 fully saturated rings. The van der Waals surface area contributed by atoms with Crippen molar-refractivity contribution >= 4 is 18.0 Å². The van der Waals surface area contributed by atoms with Crippen LogP contribution in [0.15, 0.2) is 48.5 Å². The summed E-state index contributed by atoms with van der Waals surface area (Å²) in [4.78, 5) is 37.4. The van der Waals surface area contributed by atoms with Crippen LogP contribution in [-0.2, 0) is 14.3 Å². The second kappa shape index (κ2) is 9.72. The predicted octanol–water partition coefficient (Wildman–Crippen LogP) is 4.46. The first-order valence-corrected chi connectivity index (χ1v) is 12.6. The van der Waals surface area contributed by atoms with Crippen molar-refractivity contribution < 1.29 is 24.2 Å². The number of hydrogen-bond donors (Lipinski definition) is 3. The van der Waals surface area contributed by atoms with Gasteiger partial charge in [0.2, 0.25) is 5.91 Å². The molecule has 0 heterocycles. The minimum absolute atomic E-state index is 0.0190. The highest BCUT2D eigenvalue weighted by Gasteiger charge is 2.43. The molecule has 0 aliphatic heterocycles. The maximum absolute atomic E-state index is 12.9. The number of hydrogen-bond acceptors (Lipinski definition) is 4. The van der Waals surface area contributed by atoms with Gasteiger partial charge in [0.1, 0.15) is 6.61 Å². The van der Waals surface area contributed by atoms with Gasteiger partial charge in [0.05, 0.1) is 11.3 Å². The van der Waals surface area contributed by atoms with Gasteiger partial charge in [0.25, 0.3) is 0 Å². The molecule has 2 amide bonds. The summed E-state index contributed by atoms with van der Waals surface area (Å²) in [5.41, 5.74) is 3.79. The summed E-state index contributed by atoms with van der Waals surface area (Å²) in [7, 11) is 0. The van der Waals surface area contributed by atoms with Gasteiger partial charge in [-0.05, 0) is 47.9 Å². The minimum atomic E-state index is -0.857. The molecule has 0 unspecified atom stereocenters. The van der Waals surface area contributed by atoms with Crippen LogP contribution in [0.5, 0.6) is 0 Å². The third-order valence-corrected chi connectivity index (χ3v) is 8.11. The highest BCUT2D eigenvalue weighted by atomic mass is 16.5. The lowest BCUT2D eigenvalue weighted by molar-refractivity contribution is -0.148. The number of nitrogens with one attached hydrogen (secondary N) is 2. The molecule has 2 aromatic rings. The number of carbonyl (C=O) groups excluding carboxylic acids is 2. The minimum Gasteiger partial charge on any atom is -0.481 e. The molecule has 3 aliphatic carbocycles. The number of aliphatic carboxylic acids is 1. The zero-order chi connectivity index (χ0) is 24.4. The van der Waals surface area contributed by atoms with Gasteiger partial charge in [-0.2, -0.15) is 0 Å². The van der Waals surface area contributed by atoms with Crippen LogP contribution in [0.2, 0.25) is 0 Å². The molecule has 0 saturated heterocycles. The van der Waals surface area contributed by atoms with E-state index in [9.17, 15) is 19.5 Å². The van der Waals surface area contributed by atoms with Gasteiger partial charge < -0.3 is 20.5 Å². The Balaban J connectivity index is 1.17. The molecule has 3 aliphatic rings. The van der Waals surface area contributed by atoms with Gasteiger partial charge in [0, 0.05) is 18.5 Å². The molecule has 7 heteroatoms. The first-order chi connectivity index (χ1) is 17.0. The zero-order valence-electron chi connectivity index (χ0n) is 19.8. The van der Waals surface area contributed by atoms with Crippen molar-refractivity contribution in [3.63, 3.8) is 0 Å². The SMILES string of the molecule is O=C(N[C@@H]1CCC[C@@H]1C(=O)NCC1(C(=O)O)CCCC1)OCC1c2ccccc2-c2ccccc21. The largest absolute Gasteiger partial charge is 0.481 e. The van der Waals surface area contributed by atoms with Gasteiger partial charge in [-0.15, -0.1) is 0 Å². The Morgan fingerprint density at radius 2 is 1.54 bits per heavy atom. The second-order valence-corrected chi connectivity index (χ2v) is 10.1. The van der Waals surface area contributed by atoms with Crippen LogP contribution in [0.4, 0.5) is 4.79 Å². The lowest BCUT2D eigenvalue weighted by Crippen LogP contribution is -2.47. The molecule has 3 N–H and O–H groups in total. The van der Waals surface area contributed by atoms with Crippen molar-refractivity contribution in [1.82, 2.24) is 10.6 Å². The van der Waals surface area contributed by atoms with E-state index in [1.165, 1.54) is 11.1 Å². The molecule has 0 aromatic heterocycles. The van der Waals surface area contributed by atoms with Crippen molar-refractivity contribution in [3.8, 4) is 11.1 Å². The predicted molar refractivity (Wildman–Crippen MR) is 131 cm³/mol. The third-order valence-electron chi connectivity index (χ3n) is 8.11. The molecule has 2 atom stereocenters. The normalized spacial score (nSPS) is 22.3. The summed E-state index contributed by atoms with van der Waals surface area (Å²) < 4.78 is 5.66. The van der Waals surface area contributed by atoms with E-state index in [0.717, 1.165) is 30.4 Å². The monoisotopic (exact) mass is 476 g/mol.